The van der Waals surface area contributed by atoms with Crippen molar-refractivity contribution >= 4 is 29.1 Å². The van der Waals surface area contributed by atoms with Crippen LogP contribution in [0.2, 0.25) is 5.02 Å². The van der Waals surface area contributed by atoms with E-state index in [2.05, 4.69) is 16.5 Å². The lowest BCUT2D eigenvalue weighted by Crippen LogP contribution is -2.38. The molecule has 0 bridgehead atoms. The maximum Gasteiger partial charge on any atom is 0.294 e. The van der Waals surface area contributed by atoms with Gasteiger partial charge in [0.25, 0.3) is 11.7 Å². The fourth-order valence-corrected chi connectivity index (χ4v) is 4.88. The van der Waals surface area contributed by atoms with Gasteiger partial charge in [-0.2, -0.15) is 0 Å². The van der Waals surface area contributed by atoms with Crippen molar-refractivity contribution in [3.63, 3.8) is 0 Å². The highest BCUT2D eigenvalue weighted by molar-refractivity contribution is 6.43. The Bertz CT molecular complexity index is 1480. The van der Waals surface area contributed by atoms with E-state index in [-0.39, 0.29) is 18.6 Å². The maximum atomic E-state index is 12.9. The predicted molar refractivity (Wildman–Crippen MR) is 160 cm³/mol. The Labute approximate surface area is 251 Å². The van der Waals surface area contributed by atoms with Gasteiger partial charge in [-0.15, -0.1) is 0 Å². The average Bonchev–Trinajstić information content (AvgIpc) is 2.99. The molecule has 0 unspecified atom stereocenters. The van der Waals surface area contributed by atoms with E-state index in [9.17, 15) is 14.4 Å². The van der Waals surface area contributed by atoms with Gasteiger partial charge in [-0.05, 0) is 17.2 Å². The van der Waals surface area contributed by atoms with E-state index in [0.29, 0.717) is 65.2 Å². The molecule has 0 aliphatic carbocycles. The number of carbonyl (C=O) groups is 3. The lowest BCUT2D eigenvalue weighted by molar-refractivity contribution is -0.124. The van der Waals surface area contributed by atoms with Gasteiger partial charge in [0.05, 0.1) is 31.0 Å². The predicted octanol–water partition coefficient (Wildman–Crippen LogP) is 3.59. The molecule has 1 aliphatic rings. The van der Waals surface area contributed by atoms with Crippen LogP contribution in [-0.4, -0.2) is 91.3 Å². The minimum absolute atomic E-state index is 0.0106. The molecule has 3 aromatic rings. The molecule has 1 aliphatic heterocycles. The number of nitrogens with zero attached hydrogens (tertiary/aromatic N) is 4. The van der Waals surface area contributed by atoms with Gasteiger partial charge in [0, 0.05) is 75.9 Å². The molecule has 0 saturated carbocycles. The van der Waals surface area contributed by atoms with Crippen molar-refractivity contribution in [1.29, 1.82) is 0 Å². The first kappa shape index (κ1) is 31.0. The number of morpholine rings is 1. The number of likely N-dealkylation sites (N-methyl/N-ethyl adjacent to an activating group) is 1. The second kappa shape index (κ2) is 14.3. The van der Waals surface area contributed by atoms with Crippen LogP contribution in [0.4, 0.5) is 0 Å². The third-order valence-electron chi connectivity index (χ3n) is 7.06. The Balaban J connectivity index is 1.51. The number of carbonyl (C=O) groups excluding carboxylic acids is 3. The smallest absolute Gasteiger partial charge is 0.294 e. The van der Waals surface area contributed by atoms with Crippen molar-refractivity contribution in [3.05, 3.63) is 99.6 Å². The summed E-state index contributed by atoms with van der Waals surface area (Å²) in [5.41, 5.74) is 3.71. The van der Waals surface area contributed by atoms with Gasteiger partial charge in [0.2, 0.25) is 0 Å². The summed E-state index contributed by atoms with van der Waals surface area (Å²) in [5.74, 6) is -0.0574. The number of halogens is 1. The van der Waals surface area contributed by atoms with Crippen molar-refractivity contribution in [1.82, 2.24) is 19.8 Å². The van der Waals surface area contributed by atoms with Gasteiger partial charge in [-0.3, -0.25) is 19.3 Å². The molecule has 2 heterocycles. The SMILES string of the molecule is C=C(CN1CCOCC1)C(=O)Cc1ccc(OC)c(Cc2ncc(Cl)c(Cc3ccccc3C(=O)C(=O)N(C)C)n2)c1. The Morgan fingerprint density at radius 2 is 1.81 bits per heavy atom. The minimum Gasteiger partial charge on any atom is -0.496 e. The highest BCUT2D eigenvalue weighted by atomic mass is 35.5. The van der Waals surface area contributed by atoms with Crippen molar-refractivity contribution < 1.29 is 23.9 Å². The van der Waals surface area contributed by atoms with Crippen LogP contribution in [0.1, 0.15) is 38.6 Å². The first-order valence-corrected chi connectivity index (χ1v) is 14.0. The average molecular weight is 591 g/mol. The topological polar surface area (TPSA) is 102 Å². The largest absolute Gasteiger partial charge is 0.496 e. The molecule has 0 N–H and O–H groups in total. The summed E-state index contributed by atoms with van der Waals surface area (Å²) in [4.78, 5) is 50.6. The van der Waals surface area contributed by atoms with Crippen molar-refractivity contribution in [2.75, 3.05) is 54.1 Å². The molecular weight excluding hydrogens is 556 g/mol. The van der Waals surface area contributed by atoms with Crippen LogP contribution in [0.15, 0.2) is 60.8 Å². The van der Waals surface area contributed by atoms with Gasteiger partial charge in [0.1, 0.15) is 11.6 Å². The zero-order chi connectivity index (χ0) is 30.2. The first-order chi connectivity index (χ1) is 20.2. The monoisotopic (exact) mass is 590 g/mol. The maximum absolute atomic E-state index is 12.9. The number of amides is 1. The summed E-state index contributed by atoms with van der Waals surface area (Å²) in [6, 6.07) is 12.6. The molecular formula is C32H35ClN4O5. The van der Waals surface area contributed by atoms with Gasteiger partial charge in [0.15, 0.2) is 5.78 Å². The number of hydrogen-bond acceptors (Lipinski definition) is 8. The summed E-state index contributed by atoms with van der Waals surface area (Å²) < 4.78 is 11.0. The number of methoxy groups -OCH3 is 1. The fourth-order valence-electron chi connectivity index (χ4n) is 4.73. The second-order valence-electron chi connectivity index (χ2n) is 10.4. The molecule has 4 rings (SSSR count). The summed E-state index contributed by atoms with van der Waals surface area (Å²) in [6.07, 6.45) is 2.34. The highest BCUT2D eigenvalue weighted by Gasteiger charge is 2.22. The van der Waals surface area contributed by atoms with Gasteiger partial charge < -0.3 is 14.4 Å². The number of benzene rings is 2. The van der Waals surface area contributed by atoms with E-state index in [4.69, 9.17) is 26.1 Å². The van der Waals surface area contributed by atoms with E-state index >= 15 is 0 Å². The van der Waals surface area contributed by atoms with Crippen LogP contribution in [0.3, 0.4) is 0 Å². The number of hydrogen-bond donors (Lipinski definition) is 0. The van der Waals surface area contributed by atoms with E-state index in [0.717, 1.165) is 24.2 Å². The Hall–Kier alpha value is -3.92. The lowest BCUT2D eigenvalue weighted by atomic mass is 9.98. The fraction of sp³-hybridized carbons (Fsp3) is 0.344. The molecule has 1 amide bonds. The lowest BCUT2D eigenvalue weighted by Gasteiger charge is -2.26. The van der Waals surface area contributed by atoms with Crippen LogP contribution in [0.5, 0.6) is 5.75 Å². The molecule has 42 heavy (non-hydrogen) atoms. The summed E-state index contributed by atoms with van der Waals surface area (Å²) >= 11 is 6.47. The van der Waals surface area contributed by atoms with Crippen molar-refractivity contribution in [2.24, 2.45) is 0 Å². The zero-order valence-corrected chi connectivity index (χ0v) is 24.9. The summed E-state index contributed by atoms with van der Waals surface area (Å²) in [6.45, 7) is 7.47. The van der Waals surface area contributed by atoms with Crippen LogP contribution < -0.4 is 4.74 Å². The molecule has 10 heteroatoms. The van der Waals surface area contributed by atoms with Gasteiger partial charge >= 0.3 is 0 Å². The van der Waals surface area contributed by atoms with E-state index in [1.165, 1.54) is 25.2 Å². The van der Waals surface area contributed by atoms with Gasteiger partial charge in [-0.1, -0.05) is 54.6 Å². The van der Waals surface area contributed by atoms with E-state index in [1.54, 1.807) is 31.4 Å². The zero-order valence-electron chi connectivity index (χ0n) is 24.2. The number of ether oxygens (including phenoxy) is 2. The summed E-state index contributed by atoms with van der Waals surface area (Å²) in [5, 5.41) is 0.352. The third kappa shape index (κ3) is 7.88. The van der Waals surface area contributed by atoms with Crippen LogP contribution in [0, 0.1) is 0 Å². The highest BCUT2D eigenvalue weighted by Crippen LogP contribution is 2.25. The van der Waals surface area contributed by atoms with Crippen molar-refractivity contribution in [3.8, 4) is 5.75 Å². The molecule has 0 radical (unpaired) electrons. The molecule has 1 aromatic heterocycles. The molecule has 2 aromatic carbocycles. The van der Waals surface area contributed by atoms with Crippen LogP contribution in [0.25, 0.3) is 0 Å². The molecule has 220 valence electrons. The Morgan fingerprint density at radius 3 is 2.52 bits per heavy atom. The van der Waals surface area contributed by atoms with Crippen molar-refractivity contribution in [2.45, 2.75) is 19.3 Å². The summed E-state index contributed by atoms with van der Waals surface area (Å²) in [7, 11) is 4.67. The van der Waals surface area contributed by atoms with Crippen LogP contribution in [-0.2, 0) is 33.6 Å². The Kier molecular flexibility index (Phi) is 10.6. The first-order valence-electron chi connectivity index (χ1n) is 13.7. The second-order valence-corrected chi connectivity index (χ2v) is 10.8. The van der Waals surface area contributed by atoms with E-state index < -0.39 is 11.7 Å². The van der Waals surface area contributed by atoms with E-state index in [1.807, 2.05) is 18.2 Å². The molecule has 1 saturated heterocycles. The van der Waals surface area contributed by atoms with Crippen LogP contribution >= 0.6 is 11.6 Å². The minimum atomic E-state index is -0.605. The molecule has 9 nitrogen and oxygen atoms in total. The van der Waals surface area contributed by atoms with Gasteiger partial charge in [-0.25, -0.2) is 9.97 Å². The number of Topliss-reactive ketones (excluding diaryl/α,β-unsaturated/α-hetero) is 2. The normalized spacial score (nSPS) is 13.4. The Morgan fingerprint density at radius 1 is 1.07 bits per heavy atom. The third-order valence-corrected chi connectivity index (χ3v) is 7.37. The number of rotatable bonds is 12. The molecule has 0 spiro atoms. The molecule has 0 atom stereocenters. The number of aromatic nitrogens is 2. The number of ketones is 2. The molecule has 1 fully saturated rings. The quantitative estimate of drug-likeness (QED) is 0.179. The standard InChI is InChI=1S/C32H35ClN4O5/c1-21(20-37-11-13-42-14-12-37)28(38)16-22-9-10-29(41-4)24(15-22)18-30-34-19-26(33)27(35-30)17-23-7-5-6-8-25(23)31(39)32(40)36(2)3/h5-10,15,19H,1,11-14,16-18,20H2,2-4H3.